The lowest BCUT2D eigenvalue weighted by atomic mass is 10.2. The largest absolute Gasteiger partial charge is 0.359 e. The molecule has 0 radical (unpaired) electrons. The first-order valence-electron chi connectivity index (χ1n) is 4.46. The molecule has 3 heterocycles. The molecule has 74 valence electrons. The maximum Gasteiger partial charge on any atom is 0.150 e. The van der Waals surface area contributed by atoms with Gasteiger partial charge in [0.1, 0.15) is 5.69 Å². The van der Waals surface area contributed by atoms with Gasteiger partial charge in [-0.1, -0.05) is 0 Å². The SMILES string of the molecule is Fc1cnc(-c2cnc[nH]2)c2[nH]ccc12. The minimum Gasteiger partial charge on any atom is -0.359 e. The van der Waals surface area contributed by atoms with Gasteiger partial charge in [0.05, 0.1) is 29.9 Å². The summed E-state index contributed by atoms with van der Waals surface area (Å²) in [4.78, 5) is 13.9. The van der Waals surface area contributed by atoms with Crippen LogP contribution >= 0.6 is 0 Å². The normalized spacial score (nSPS) is 11.0. The van der Waals surface area contributed by atoms with Crippen LogP contribution in [0.15, 0.2) is 31.0 Å². The predicted molar refractivity (Wildman–Crippen MR) is 53.6 cm³/mol. The van der Waals surface area contributed by atoms with E-state index in [1.165, 1.54) is 6.20 Å². The predicted octanol–water partition coefficient (Wildman–Crippen LogP) is 2.09. The van der Waals surface area contributed by atoms with Crippen LogP contribution in [0.5, 0.6) is 0 Å². The van der Waals surface area contributed by atoms with E-state index in [1.54, 1.807) is 24.8 Å². The summed E-state index contributed by atoms with van der Waals surface area (Å²) in [5.41, 5.74) is 2.12. The molecule has 0 aliphatic heterocycles. The summed E-state index contributed by atoms with van der Waals surface area (Å²) in [6.07, 6.45) is 6.12. The molecular formula is C10H7FN4. The Kier molecular flexibility index (Phi) is 1.58. The Bertz CT molecular complexity index is 597. The van der Waals surface area contributed by atoms with Gasteiger partial charge in [0.15, 0.2) is 5.82 Å². The first-order valence-corrected chi connectivity index (χ1v) is 4.46. The van der Waals surface area contributed by atoms with E-state index in [0.717, 1.165) is 5.69 Å². The summed E-state index contributed by atoms with van der Waals surface area (Å²) in [5, 5.41) is 0.537. The molecule has 3 rings (SSSR count). The summed E-state index contributed by atoms with van der Waals surface area (Å²) in [6.45, 7) is 0. The number of hydrogen-bond acceptors (Lipinski definition) is 2. The van der Waals surface area contributed by atoms with Crippen LogP contribution in [0, 0.1) is 5.82 Å². The Labute approximate surface area is 84.2 Å². The van der Waals surface area contributed by atoms with E-state index < -0.39 is 0 Å². The van der Waals surface area contributed by atoms with E-state index in [1.807, 2.05) is 0 Å². The van der Waals surface area contributed by atoms with Crippen LogP contribution in [0.2, 0.25) is 0 Å². The molecular weight excluding hydrogens is 195 g/mol. The van der Waals surface area contributed by atoms with Gasteiger partial charge in [0, 0.05) is 11.6 Å². The number of rotatable bonds is 1. The third kappa shape index (κ3) is 1.13. The molecule has 0 aliphatic rings. The number of nitrogens with zero attached hydrogens (tertiary/aromatic N) is 2. The Morgan fingerprint density at radius 1 is 1.20 bits per heavy atom. The third-order valence-electron chi connectivity index (χ3n) is 2.30. The second-order valence-corrected chi connectivity index (χ2v) is 3.19. The zero-order valence-corrected chi connectivity index (χ0v) is 7.66. The van der Waals surface area contributed by atoms with Crippen LogP contribution in [0.3, 0.4) is 0 Å². The number of aromatic amines is 2. The highest BCUT2D eigenvalue weighted by molar-refractivity contribution is 5.91. The van der Waals surface area contributed by atoms with Gasteiger partial charge in [-0.05, 0) is 6.07 Å². The second-order valence-electron chi connectivity index (χ2n) is 3.19. The van der Waals surface area contributed by atoms with Gasteiger partial charge in [-0.2, -0.15) is 0 Å². The Hall–Kier alpha value is -2.17. The van der Waals surface area contributed by atoms with E-state index in [9.17, 15) is 4.39 Å². The monoisotopic (exact) mass is 202 g/mol. The van der Waals surface area contributed by atoms with Crippen LogP contribution in [0.25, 0.3) is 22.3 Å². The molecule has 3 aromatic rings. The molecule has 2 N–H and O–H groups in total. The van der Waals surface area contributed by atoms with Gasteiger partial charge in [-0.15, -0.1) is 0 Å². The van der Waals surface area contributed by atoms with Gasteiger partial charge in [0.25, 0.3) is 0 Å². The van der Waals surface area contributed by atoms with Crippen LogP contribution in [-0.2, 0) is 0 Å². The van der Waals surface area contributed by atoms with Crippen molar-refractivity contribution in [1.29, 1.82) is 0 Å². The smallest absolute Gasteiger partial charge is 0.150 e. The summed E-state index contributed by atoms with van der Waals surface area (Å²) in [6, 6.07) is 1.69. The van der Waals surface area contributed by atoms with E-state index in [-0.39, 0.29) is 5.82 Å². The maximum atomic E-state index is 13.3. The first kappa shape index (κ1) is 8.16. The van der Waals surface area contributed by atoms with Crippen LogP contribution in [0.1, 0.15) is 0 Å². The van der Waals surface area contributed by atoms with Crippen molar-refractivity contribution in [2.75, 3.05) is 0 Å². The highest BCUT2D eigenvalue weighted by Gasteiger charge is 2.10. The van der Waals surface area contributed by atoms with Gasteiger partial charge in [-0.3, -0.25) is 0 Å². The number of H-pyrrole nitrogens is 2. The molecule has 0 saturated carbocycles. The standard InChI is InChI=1S/C10H7FN4/c11-7-3-14-10(8-4-12-5-15-8)9-6(7)1-2-13-9/h1-5,13H,(H,12,15). The highest BCUT2D eigenvalue weighted by atomic mass is 19.1. The average Bonchev–Trinajstić information content (AvgIpc) is 2.88. The van der Waals surface area contributed by atoms with E-state index in [0.29, 0.717) is 16.6 Å². The van der Waals surface area contributed by atoms with Crippen molar-refractivity contribution in [3.05, 3.63) is 36.8 Å². The Morgan fingerprint density at radius 2 is 2.13 bits per heavy atom. The topological polar surface area (TPSA) is 57.4 Å². The number of nitrogens with one attached hydrogen (secondary N) is 2. The second kappa shape index (κ2) is 2.91. The van der Waals surface area contributed by atoms with Crippen molar-refractivity contribution in [3.8, 4) is 11.4 Å². The van der Waals surface area contributed by atoms with Crippen molar-refractivity contribution < 1.29 is 4.39 Å². The summed E-state index contributed by atoms with van der Waals surface area (Å²) in [5.74, 6) is -0.325. The van der Waals surface area contributed by atoms with Gasteiger partial charge in [0.2, 0.25) is 0 Å². The van der Waals surface area contributed by atoms with Gasteiger partial charge < -0.3 is 9.97 Å². The quantitative estimate of drug-likeness (QED) is 0.634. The Balaban J connectivity index is 2.37. The number of aromatic nitrogens is 4. The van der Waals surface area contributed by atoms with E-state index in [4.69, 9.17) is 0 Å². The molecule has 0 aliphatic carbocycles. The highest BCUT2D eigenvalue weighted by Crippen LogP contribution is 2.24. The number of pyridine rings is 1. The molecule has 0 bridgehead atoms. The third-order valence-corrected chi connectivity index (χ3v) is 2.30. The first-order chi connectivity index (χ1) is 7.36. The molecule has 15 heavy (non-hydrogen) atoms. The molecule has 0 atom stereocenters. The summed E-state index contributed by atoms with van der Waals surface area (Å²) in [7, 11) is 0. The van der Waals surface area contributed by atoms with Crippen molar-refractivity contribution in [3.63, 3.8) is 0 Å². The minimum atomic E-state index is -0.325. The molecule has 0 unspecified atom stereocenters. The number of imidazole rings is 1. The van der Waals surface area contributed by atoms with Crippen molar-refractivity contribution in [1.82, 2.24) is 19.9 Å². The molecule has 5 heteroatoms. The zero-order chi connectivity index (χ0) is 10.3. The molecule has 4 nitrogen and oxygen atoms in total. The van der Waals surface area contributed by atoms with Crippen molar-refractivity contribution >= 4 is 10.9 Å². The fourth-order valence-electron chi connectivity index (χ4n) is 1.61. The van der Waals surface area contributed by atoms with Crippen molar-refractivity contribution in [2.24, 2.45) is 0 Å². The lowest BCUT2D eigenvalue weighted by molar-refractivity contribution is 0.634. The molecule has 3 aromatic heterocycles. The lowest BCUT2D eigenvalue weighted by Gasteiger charge is -1.99. The fourth-order valence-corrected chi connectivity index (χ4v) is 1.61. The Morgan fingerprint density at radius 3 is 2.93 bits per heavy atom. The summed E-state index contributed by atoms with van der Waals surface area (Å²) >= 11 is 0. The van der Waals surface area contributed by atoms with Crippen molar-refractivity contribution in [2.45, 2.75) is 0 Å². The number of hydrogen-bond donors (Lipinski definition) is 2. The zero-order valence-electron chi connectivity index (χ0n) is 7.66. The summed E-state index contributed by atoms with van der Waals surface area (Å²) < 4.78 is 13.3. The minimum absolute atomic E-state index is 0.325. The van der Waals surface area contributed by atoms with Crippen LogP contribution in [-0.4, -0.2) is 19.9 Å². The average molecular weight is 202 g/mol. The molecule has 0 aromatic carbocycles. The number of fused-ring (bicyclic) bond motifs is 1. The molecule has 0 fully saturated rings. The van der Waals surface area contributed by atoms with Gasteiger partial charge in [-0.25, -0.2) is 14.4 Å². The van der Waals surface area contributed by atoms with E-state index in [2.05, 4.69) is 19.9 Å². The lowest BCUT2D eigenvalue weighted by Crippen LogP contribution is -1.88. The maximum absolute atomic E-state index is 13.3. The number of halogens is 1. The van der Waals surface area contributed by atoms with Crippen LogP contribution < -0.4 is 0 Å². The fraction of sp³-hybridized carbons (Fsp3) is 0. The van der Waals surface area contributed by atoms with E-state index >= 15 is 0 Å². The molecule has 0 spiro atoms. The van der Waals surface area contributed by atoms with Crippen LogP contribution in [0.4, 0.5) is 4.39 Å². The molecule has 0 saturated heterocycles. The molecule has 0 amide bonds. The van der Waals surface area contributed by atoms with Gasteiger partial charge >= 0.3 is 0 Å².